The van der Waals surface area contributed by atoms with Crippen LogP contribution in [-0.2, 0) is 6.54 Å². The third-order valence-electron chi connectivity index (χ3n) is 4.15. The molecule has 0 bridgehead atoms. The van der Waals surface area contributed by atoms with Crippen molar-refractivity contribution in [3.63, 3.8) is 0 Å². The Morgan fingerprint density at radius 1 is 1.38 bits per heavy atom. The minimum atomic E-state index is -0.585. The second-order valence-electron chi connectivity index (χ2n) is 5.58. The van der Waals surface area contributed by atoms with Crippen LogP contribution in [-0.4, -0.2) is 16.3 Å². The van der Waals surface area contributed by atoms with Crippen LogP contribution >= 0.6 is 0 Å². The summed E-state index contributed by atoms with van der Waals surface area (Å²) in [5, 5.41) is 18.7. The molecule has 1 aromatic carbocycles. The van der Waals surface area contributed by atoms with Gasteiger partial charge in [0.1, 0.15) is 17.4 Å². The molecule has 2 heterocycles. The Morgan fingerprint density at radius 3 is 2.71 bits per heavy atom. The van der Waals surface area contributed by atoms with E-state index in [1.807, 2.05) is 30.3 Å². The highest BCUT2D eigenvalue weighted by Crippen LogP contribution is 2.40. The van der Waals surface area contributed by atoms with Crippen molar-refractivity contribution in [3.05, 3.63) is 75.0 Å². The van der Waals surface area contributed by atoms with Gasteiger partial charge in [0.15, 0.2) is 0 Å². The second kappa shape index (κ2) is 6.22. The number of aryl methyl sites for hydroxylation is 1. The van der Waals surface area contributed by atoms with Crippen LogP contribution in [0.1, 0.15) is 22.7 Å². The maximum absolute atomic E-state index is 13.0. The van der Waals surface area contributed by atoms with E-state index in [1.165, 1.54) is 4.57 Å². The van der Waals surface area contributed by atoms with Gasteiger partial charge in [0.25, 0.3) is 5.56 Å². The number of pyridine rings is 1. The Labute approximate surface area is 139 Å². The number of aliphatic hydroxyl groups is 1. The van der Waals surface area contributed by atoms with E-state index < -0.39 is 5.92 Å². The number of rotatable bonds is 3. The van der Waals surface area contributed by atoms with Crippen molar-refractivity contribution in [1.82, 2.24) is 4.57 Å². The molecule has 0 amide bonds. The summed E-state index contributed by atoms with van der Waals surface area (Å²) in [5.41, 5.74) is 7.66. The standard InChI is InChI=1S/C18H17N3O3/c1-11-9-14-16(18(23)21(11)7-8-22)15(12-5-3-2-4-6-12)13(10-19)17(20)24-14/h2-6,9,15,22H,7-8,20H2,1H3/t15-/m0/s1. The summed E-state index contributed by atoms with van der Waals surface area (Å²) in [6.07, 6.45) is 0. The fourth-order valence-corrected chi connectivity index (χ4v) is 3.04. The van der Waals surface area contributed by atoms with Gasteiger partial charge in [0, 0.05) is 18.3 Å². The van der Waals surface area contributed by atoms with Crippen LogP contribution in [0, 0.1) is 18.3 Å². The number of hydrogen-bond acceptors (Lipinski definition) is 5. The lowest BCUT2D eigenvalue weighted by Gasteiger charge is -2.27. The average Bonchev–Trinajstić information content (AvgIpc) is 2.58. The lowest BCUT2D eigenvalue weighted by Crippen LogP contribution is -2.33. The van der Waals surface area contributed by atoms with Gasteiger partial charge in [-0.2, -0.15) is 5.26 Å². The topological polar surface area (TPSA) is 101 Å². The first kappa shape index (κ1) is 15.8. The van der Waals surface area contributed by atoms with Gasteiger partial charge in [0.05, 0.1) is 18.1 Å². The summed E-state index contributed by atoms with van der Waals surface area (Å²) in [7, 11) is 0. The van der Waals surface area contributed by atoms with E-state index in [-0.39, 0.29) is 30.2 Å². The molecule has 6 heteroatoms. The van der Waals surface area contributed by atoms with Crippen molar-refractivity contribution in [3.8, 4) is 11.8 Å². The molecule has 0 spiro atoms. The maximum atomic E-state index is 13.0. The number of ether oxygens (including phenoxy) is 1. The van der Waals surface area contributed by atoms with Crippen LogP contribution < -0.4 is 16.0 Å². The Kier molecular flexibility index (Phi) is 4.11. The van der Waals surface area contributed by atoms with E-state index >= 15 is 0 Å². The molecule has 0 fully saturated rings. The highest BCUT2D eigenvalue weighted by molar-refractivity contribution is 5.55. The van der Waals surface area contributed by atoms with Crippen molar-refractivity contribution >= 4 is 0 Å². The molecule has 122 valence electrons. The summed E-state index contributed by atoms with van der Waals surface area (Å²) in [6.45, 7) is 1.79. The predicted molar refractivity (Wildman–Crippen MR) is 88.3 cm³/mol. The molecule has 0 aliphatic carbocycles. The number of fused-ring (bicyclic) bond motifs is 1. The third-order valence-corrected chi connectivity index (χ3v) is 4.15. The van der Waals surface area contributed by atoms with Gasteiger partial charge in [0.2, 0.25) is 5.88 Å². The van der Waals surface area contributed by atoms with Crippen LogP contribution in [0.2, 0.25) is 0 Å². The number of aromatic nitrogens is 1. The van der Waals surface area contributed by atoms with Gasteiger partial charge in [-0.25, -0.2) is 0 Å². The summed E-state index contributed by atoms with van der Waals surface area (Å²) >= 11 is 0. The average molecular weight is 323 g/mol. The number of aliphatic hydroxyl groups excluding tert-OH is 1. The van der Waals surface area contributed by atoms with E-state index in [0.717, 1.165) is 5.56 Å². The fraction of sp³-hybridized carbons (Fsp3) is 0.222. The zero-order valence-corrected chi connectivity index (χ0v) is 13.2. The molecule has 0 saturated heterocycles. The minimum Gasteiger partial charge on any atom is -0.440 e. The van der Waals surface area contributed by atoms with E-state index in [4.69, 9.17) is 10.5 Å². The van der Waals surface area contributed by atoms with Crippen LogP contribution in [0.4, 0.5) is 0 Å². The molecule has 0 radical (unpaired) electrons. The number of benzene rings is 1. The quantitative estimate of drug-likeness (QED) is 0.888. The Bertz CT molecular complexity index is 908. The number of allylic oxidation sites excluding steroid dienone is 1. The highest BCUT2D eigenvalue weighted by atomic mass is 16.5. The molecule has 1 aliphatic heterocycles. The van der Waals surface area contributed by atoms with Gasteiger partial charge in [-0.05, 0) is 12.5 Å². The normalized spacial score (nSPS) is 16.3. The Hall–Kier alpha value is -3.04. The molecule has 1 atom stereocenters. The van der Waals surface area contributed by atoms with Gasteiger partial charge in [-0.3, -0.25) is 4.79 Å². The molecule has 0 saturated carbocycles. The molecule has 2 aromatic rings. The molecule has 1 aliphatic rings. The lowest BCUT2D eigenvalue weighted by atomic mass is 9.84. The predicted octanol–water partition coefficient (Wildman–Crippen LogP) is 1.37. The third kappa shape index (κ3) is 2.45. The second-order valence-corrected chi connectivity index (χ2v) is 5.58. The van der Waals surface area contributed by atoms with E-state index in [1.54, 1.807) is 13.0 Å². The summed E-state index contributed by atoms with van der Waals surface area (Å²) in [6, 6.07) is 13.0. The maximum Gasteiger partial charge on any atom is 0.258 e. The molecular formula is C18H17N3O3. The first-order valence-electron chi connectivity index (χ1n) is 7.56. The largest absolute Gasteiger partial charge is 0.440 e. The Balaban J connectivity index is 2.32. The van der Waals surface area contributed by atoms with Crippen molar-refractivity contribution in [1.29, 1.82) is 5.26 Å². The lowest BCUT2D eigenvalue weighted by molar-refractivity contribution is 0.272. The van der Waals surface area contributed by atoms with Crippen molar-refractivity contribution in [2.24, 2.45) is 5.73 Å². The van der Waals surface area contributed by atoms with Crippen LogP contribution in [0.15, 0.2) is 52.6 Å². The Morgan fingerprint density at radius 2 is 2.08 bits per heavy atom. The van der Waals surface area contributed by atoms with Gasteiger partial charge < -0.3 is 20.1 Å². The van der Waals surface area contributed by atoms with Gasteiger partial charge >= 0.3 is 0 Å². The highest BCUT2D eigenvalue weighted by Gasteiger charge is 2.34. The van der Waals surface area contributed by atoms with E-state index in [9.17, 15) is 15.2 Å². The molecule has 3 rings (SSSR count). The first-order valence-corrected chi connectivity index (χ1v) is 7.56. The van der Waals surface area contributed by atoms with Crippen LogP contribution in [0.5, 0.6) is 5.75 Å². The summed E-state index contributed by atoms with van der Waals surface area (Å²) < 4.78 is 7.02. The molecule has 0 unspecified atom stereocenters. The summed E-state index contributed by atoms with van der Waals surface area (Å²) in [4.78, 5) is 13.0. The zero-order chi connectivity index (χ0) is 17.3. The molecule has 24 heavy (non-hydrogen) atoms. The van der Waals surface area contributed by atoms with E-state index in [2.05, 4.69) is 6.07 Å². The molecular weight excluding hydrogens is 306 g/mol. The van der Waals surface area contributed by atoms with Gasteiger partial charge in [-0.15, -0.1) is 0 Å². The number of nitrogens with two attached hydrogens (primary N) is 1. The number of nitrogens with zero attached hydrogens (tertiary/aromatic N) is 2. The number of nitriles is 1. The zero-order valence-electron chi connectivity index (χ0n) is 13.2. The van der Waals surface area contributed by atoms with Crippen molar-refractivity contribution < 1.29 is 9.84 Å². The monoisotopic (exact) mass is 323 g/mol. The minimum absolute atomic E-state index is 0.0116. The smallest absolute Gasteiger partial charge is 0.258 e. The molecule has 6 nitrogen and oxygen atoms in total. The van der Waals surface area contributed by atoms with E-state index in [0.29, 0.717) is 17.0 Å². The fourth-order valence-electron chi connectivity index (χ4n) is 3.04. The van der Waals surface area contributed by atoms with Crippen molar-refractivity contribution in [2.45, 2.75) is 19.4 Å². The summed E-state index contributed by atoms with van der Waals surface area (Å²) in [5.74, 6) is -0.215. The van der Waals surface area contributed by atoms with Crippen molar-refractivity contribution in [2.75, 3.05) is 6.61 Å². The van der Waals surface area contributed by atoms with Gasteiger partial charge in [-0.1, -0.05) is 30.3 Å². The number of hydrogen-bond donors (Lipinski definition) is 2. The van der Waals surface area contributed by atoms with Crippen LogP contribution in [0.3, 0.4) is 0 Å². The molecule has 1 aromatic heterocycles. The first-order chi connectivity index (χ1) is 11.6. The molecule has 3 N–H and O–H groups in total. The van der Waals surface area contributed by atoms with Crippen LogP contribution in [0.25, 0.3) is 0 Å². The SMILES string of the molecule is Cc1cc2c(c(=O)n1CCO)[C@@H](c1ccccc1)C(C#N)=C(N)O2.